The predicted octanol–water partition coefficient (Wildman–Crippen LogP) is 2.69. The fourth-order valence-electron chi connectivity index (χ4n) is 3.25. The van der Waals surface area contributed by atoms with Crippen LogP contribution >= 0.6 is 0 Å². The number of fused-ring (bicyclic) bond motifs is 1. The van der Waals surface area contributed by atoms with E-state index in [1.807, 2.05) is 57.2 Å². The van der Waals surface area contributed by atoms with E-state index >= 15 is 0 Å². The lowest BCUT2D eigenvalue weighted by molar-refractivity contribution is -0.145. The first-order valence-corrected chi connectivity index (χ1v) is 9.57. The quantitative estimate of drug-likeness (QED) is 0.717. The molecule has 2 N–H and O–H groups in total. The standard InChI is InChI=1S/C23H24N2O5/c1-14-8-15(2)22(16(3)9-14)25-20(26)11-24-21(27)13-30-23(28)18-10-17-6-4-5-7-19(17)29-12-18/h4-10H,11-13H2,1-3H3,(H,24,27)(H,25,26). The van der Waals surface area contributed by atoms with E-state index in [2.05, 4.69) is 10.6 Å². The van der Waals surface area contributed by atoms with Gasteiger partial charge in [0.1, 0.15) is 12.4 Å². The molecule has 2 aromatic carbocycles. The van der Waals surface area contributed by atoms with Gasteiger partial charge >= 0.3 is 5.97 Å². The lowest BCUT2D eigenvalue weighted by Crippen LogP contribution is -2.36. The van der Waals surface area contributed by atoms with Crippen molar-refractivity contribution in [2.45, 2.75) is 20.8 Å². The first kappa shape index (κ1) is 21.1. The first-order valence-electron chi connectivity index (χ1n) is 9.57. The summed E-state index contributed by atoms with van der Waals surface area (Å²) in [5, 5.41) is 5.25. The van der Waals surface area contributed by atoms with Crippen molar-refractivity contribution in [3.63, 3.8) is 0 Å². The average molecular weight is 408 g/mol. The summed E-state index contributed by atoms with van der Waals surface area (Å²) < 4.78 is 10.5. The van der Waals surface area contributed by atoms with Crippen LogP contribution in [0.2, 0.25) is 0 Å². The molecule has 0 saturated heterocycles. The second kappa shape index (κ2) is 9.26. The fraction of sp³-hybridized carbons (Fsp3) is 0.261. The Morgan fingerprint density at radius 2 is 1.73 bits per heavy atom. The van der Waals surface area contributed by atoms with Gasteiger partial charge in [-0.1, -0.05) is 35.9 Å². The van der Waals surface area contributed by atoms with Crippen molar-refractivity contribution in [3.8, 4) is 5.75 Å². The highest BCUT2D eigenvalue weighted by Crippen LogP contribution is 2.26. The lowest BCUT2D eigenvalue weighted by atomic mass is 10.1. The zero-order valence-electron chi connectivity index (χ0n) is 17.2. The highest BCUT2D eigenvalue weighted by Gasteiger charge is 2.19. The van der Waals surface area contributed by atoms with Crippen LogP contribution < -0.4 is 15.4 Å². The third kappa shape index (κ3) is 5.26. The molecule has 7 nitrogen and oxygen atoms in total. The molecule has 1 aliphatic rings. The maximum absolute atomic E-state index is 12.2. The van der Waals surface area contributed by atoms with Gasteiger partial charge in [-0.2, -0.15) is 0 Å². The molecule has 0 aromatic heterocycles. The molecule has 2 amide bonds. The van der Waals surface area contributed by atoms with Crippen LogP contribution in [0.5, 0.6) is 5.75 Å². The van der Waals surface area contributed by atoms with Crippen molar-refractivity contribution in [1.82, 2.24) is 5.32 Å². The summed E-state index contributed by atoms with van der Waals surface area (Å²) >= 11 is 0. The van der Waals surface area contributed by atoms with Gasteiger partial charge in [0.2, 0.25) is 5.91 Å². The maximum atomic E-state index is 12.2. The monoisotopic (exact) mass is 408 g/mol. The number of nitrogens with one attached hydrogen (secondary N) is 2. The van der Waals surface area contributed by atoms with Crippen molar-refractivity contribution in [3.05, 3.63) is 64.2 Å². The van der Waals surface area contributed by atoms with Crippen LogP contribution in [-0.4, -0.2) is 37.5 Å². The van der Waals surface area contributed by atoms with Gasteiger partial charge in [0.15, 0.2) is 6.61 Å². The summed E-state index contributed by atoms with van der Waals surface area (Å²) in [7, 11) is 0. The molecule has 0 bridgehead atoms. The van der Waals surface area contributed by atoms with Crippen LogP contribution in [0, 0.1) is 20.8 Å². The third-order valence-corrected chi connectivity index (χ3v) is 4.62. The maximum Gasteiger partial charge on any atom is 0.338 e. The normalized spacial score (nSPS) is 12.2. The molecule has 1 heterocycles. The molecule has 7 heteroatoms. The van der Waals surface area contributed by atoms with Crippen LogP contribution in [0.4, 0.5) is 5.69 Å². The molecule has 0 saturated carbocycles. The van der Waals surface area contributed by atoms with Gasteiger partial charge in [-0.15, -0.1) is 0 Å². The molecule has 156 valence electrons. The Hall–Kier alpha value is -3.61. The second-order valence-corrected chi connectivity index (χ2v) is 7.17. The minimum atomic E-state index is -0.630. The van der Waals surface area contributed by atoms with Gasteiger partial charge in [0.25, 0.3) is 5.91 Å². The molecule has 1 aliphatic heterocycles. The number of benzene rings is 2. The van der Waals surface area contributed by atoms with Crippen molar-refractivity contribution in [2.75, 3.05) is 25.1 Å². The molecule has 0 atom stereocenters. The van der Waals surface area contributed by atoms with E-state index in [9.17, 15) is 14.4 Å². The molecule has 3 rings (SSSR count). The number of carbonyl (C=O) groups is 3. The SMILES string of the molecule is Cc1cc(C)c(NC(=O)CNC(=O)COC(=O)C2=Cc3ccccc3OC2)c(C)c1. The number of hydrogen-bond donors (Lipinski definition) is 2. The number of para-hydroxylation sites is 1. The number of ether oxygens (including phenoxy) is 2. The Morgan fingerprint density at radius 3 is 2.47 bits per heavy atom. The Kier molecular flexibility index (Phi) is 6.51. The summed E-state index contributed by atoms with van der Waals surface area (Å²) in [4.78, 5) is 36.3. The fourth-order valence-corrected chi connectivity index (χ4v) is 3.25. The van der Waals surface area contributed by atoms with E-state index in [0.717, 1.165) is 27.9 Å². The average Bonchev–Trinajstić information content (AvgIpc) is 2.72. The summed E-state index contributed by atoms with van der Waals surface area (Å²) in [6.45, 7) is 5.19. The van der Waals surface area contributed by atoms with E-state index in [0.29, 0.717) is 11.3 Å². The molecule has 30 heavy (non-hydrogen) atoms. The molecular formula is C23H24N2O5. The Bertz CT molecular complexity index is 1000. The molecule has 2 aromatic rings. The number of carbonyl (C=O) groups excluding carboxylic acids is 3. The largest absolute Gasteiger partial charge is 0.488 e. The summed E-state index contributed by atoms with van der Waals surface area (Å²) in [5.74, 6) is -0.856. The minimum absolute atomic E-state index is 0.0785. The van der Waals surface area contributed by atoms with Crippen LogP contribution in [0.3, 0.4) is 0 Å². The predicted molar refractivity (Wildman–Crippen MR) is 113 cm³/mol. The van der Waals surface area contributed by atoms with Crippen molar-refractivity contribution in [2.24, 2.45) is 0 Å². The number of aryl methyl sites for hydroxylation is 3. The topological polar surface area (TPSA) is 93.7 Å². The van der Waals surface area contributed by atoms with E-state index in [1.54, 1.807) is 6.08 Å². The molecule has 0 spiro atoms. The highest BCUT2D eigenvalue weighted by atomic mass is 16.5. The van der Waals surface area contributed by atoms with Gasteiger partial charge in [-0.3, -0.25) is 9.59 Å². The Morgan fingerprint density at radius 1 is 1.03 bits per heavy atom. The first-order chi connectivity index (χ1) is 14.3. The number of anilines is 1. The van der Waals surface area contributed by atoms with Crippen molar-refractivity contribution < 1.29 is 23.9 Å². The van der Waals surface area contributed by atoms with E-state index < -0.39 is 18.5 Å². The minimum Gasteiger partial charge on any atom is -0.488 e. The van der Waals surface area contributed by atoms with Gasteiger partial charge in [0, 0.05) is 11.3 Å². The van der Waals surface area contributed by atoms with Crippen LogP contribution in [0.1, 0.15) is 22.3 Å². The smallest absolute Gasteiger partial charge is 0.338 e. The third-order valence-electron chi connectivity index (χ3n) is 4.62. The molecule has 0 unspecified atom stereocenters. The zero-order chi connectivity index (χ0) is 21.7. The number of rotatable bonds is 6. The highest BCUT2D eigenvalue weighted by molar-refractivity contribution is 5.98. The van der Waals surface area contributed by atoms with E-state index in [-0.39, 0.29) is 19.1 Å². The number of amides is 2. The van der Waals surface area contributed by atoms with Crippen molar-refractivity contribution >= 4 is 29.5 Å². The van der Waals surface area contributed by atoms with E-state index in [1.165, 1.54) is 0 Å². The summed E-state index contributed by atoms with van der Waals surface area (Å²) in [5.41, 5.74) is 4.84. The van der Waals surface area contributed by atoms with Crippen LogP contribution in [0.15, 0.2) is 42.0 Å². The van der Waals surface area contributed by atoms with Gasteiger partial charge in [-0.05, 0) is 44.0 Å². The van der Waals surface area contributed by atoms with Crippen LogP contribution in [-0.2, 0) is 19.1 Å². The van der Waals surface area contributed by atoms with Gasteiger partial charge in [-0.25, -0.2) is 4.79 Å². The van der Waals surface area contributed by atoms with Gasteiger partial charge in [0.05, 0.1) is 12.1 Å². The lowest BCUT2D eigenvalue weighted by Gasteiger charge is -2.17. The number of hydrogen-bond acceptors (Lipinski definition) is 5. The van der Waals surface area contributed by atoms with E-state index in [4.69, 9.17) is 9.47 Å². The molecule has 0 aliphatic carbocycles. The van der Waals surface area contributed by atoms with Crippen LogP contribution in [0.25, 0.3) is 6.08 Å². The van der Waals surface area contributed by atoms with Crippen molar-refractivity contribution in [1.29, 1.82) is 0 Å². The summed E-state index contributed by atoms with van der Waals surface area (Å²) in [6.07, 6.45) is 1.68. The Labute approximate surface area is 175 Å². The summed E-state index contributed by atoms with van der Waals surface area (Å²) in [6, 6.07) is 11.3. The zero-order valence-corrected chi connectivity index (χ0v) is 17.2. The number of esters is 1. The van der Waals surface area contributed by atoms with Gasteiger partial charge < -0.3 is 20.1 Å². The Balaban J connectivity index is 1.46. The molecule has 0 radical (unpaired) electrons. The molecular weight excluding hydrogens is 384 g/mol. The second-order valence-electron chi connectivity index (χ2n) is 7.17. The molecule has 0 fully saturated rings.